The summed E-state index contributed by atoms with van der Waals surface area (Å²) in [5, 5.41) is 0. The van der Waals surface area contributed by atoms with Gasteiger partial charge in [-0.15, -0.1) is 0 Å². The van der Waals surface area contributed by atoms with Crippen molar-refractivity contribution in [2.45, 2.75) is 26.2 Å². The van der Waals surface area contributed by atoms with Crippen molar-refractivity contribution in [2.24, 2.45) is 0 Å². The van der Waals surface area contributed by atoms with Crippen LogP contribution in [0.2, 0.25) is 0 Å². The van der Waals surface area contributed by atoms with E-state index in [9.17, 15) is 4.79 Å². The van der Waals surface area contributed by atoms with Gasteiger partial charge in [-0.05, 0) is 25.3 Å². The molecule has 0 atom stereocenters. The minimum atomic E-state index is 0.310. The SMILES string of the molecule is Cc1[nH]cc2c1C(=O)CCC2. The van der Waals surface area contributed by atoms with Gasteiger partial charge in [0.2, 0.25) is 0 Å². The number of rotatable bonds is 0. The largest absolute Gasteiger partial charge is 0.364 e. The van der Waals surface area contributed by atoms with Crippen LogP contribution >= 0.6 is 0 Å². The Bertz CT molecular complexity index is 299. The molecule has 0 saturated carbocycles. The third-order valence-electron chi connectivity index (χ3n) is 2.29. The van der Waals surface area contributed by atoms with Crippen molar-refractivity contribution in [1.29, 1.82) is 0 Å². The first-order valence-electron chi connectivity index (χ1n) is 3.99. The smallest absolute Gasteiger partial charge is 0.164 e. The fourth-order valence-corrected chi connectivity index (χ4v) is 1.73. The molecule has 0 spiro atoms. The van der Waals surface area contributed by atoms with E-state index in [1.165, 1.54) is 5.56 Å². The van der Waals surface area contributed by atoms with Crippen molar-refractivity contribution in [3.63, 3.8) is 0 Å². The molecule has 11 heavy (non-hydrogen) atoms. The lowest BCUT2D eigenvalue weighted by Crippen LogP contribution is -2.09. The van der Waals surface area contributed by atoms with Crippen molar-refractivity contribution in [1.82, 2.24) is 4.98 Å². The van der Waals surface area contributed by atoms with E-state index in [1.54, 1.807) is 0 Å². The molecule has 0 aliphatic heterocycles. The number of ketones is 1. The third kappa shape index (κ3) is 0.897. The molecular weight excluding hydrogens is 138 g/mol. The molecule has 0 saturated heterocycles. The highest BCUT2D eigenvalue weighted by Crippen LogP contribution is 2.23. The topological polar surface area (TPSA) is 32.9 Å². The van der Waals surface area contributed by atoms with E-state index < -0.39 is 0 Å². The zero-order valence-electron chi connectivity index (χ0n) is 6.61. The van der Waals surface area contributed by atoms with Crippen LogP contribution < -0.4 is 0 Å². The summed E-state index contributed by atoms with van der Waals surface area (Å²) in [4.78, 5) is 14.4. The summed E-state index contributed by atoms with van der Waals surface area (Å²) in [6.07, 6.45) is 4.77. The first kappa shape index (κ1) is 6.65. The summed E-state index contributed by atoms with van der Waals surface area (Å²) >= 11 is 0. The van der Waals surface area contributed by atoms with Crippen LogP contribution in [0, 0.1) is 6.92 Å². The fraction of sp³-hybridized carbons (Fsp3) is 0.444. The minimum absolute atomic E-state index is 0.310. The average molecular weight is 149 g/mol. The van der Waals surface area contributed by atoms with Gasteiger partial charge in [0.15, 0.2) is 5.78 Å². The Morgan fingerprint density at radius 2 is 2.27 bits per heavy atom. The molecule has 58 valence electrons. The minimum Gasteiger partial charge on any atom is -0.364 e. The lowest BCUT2D eigenvalue weighted by molar-refractivity contribution is 0.0972. The van der Waals surface area contributed by atoms with Gasteiger partial charge in [-0.2, -0.15) is 0 Å². The Morgan fingerprint density at radius 3 is 3.00 bits per heavy atom. The van der Waals surface area contributed by atoms with Gasteiger partial charge in [0.25, 0.3) is 0 Å². The second kappa shape index (κ2) is 2.22. The monoisotopic (exact) mass is 149 g/mol. The fourth-order valence-electron chi connectivity index (χ4n) is 1.73. The van der Waals surface area contributed by atoms with Gasteiger partial charge in [0.1, 0.15) is 0 Å². The molecule has 1 aliphatic rings. The van der Waals surface area contributed by atoms with E-state index in [1.807, 2.05) is 13.1 Å². The zero-order chi connectivity index (χ0) is 7.84. The number of fused-ring (bicyclic) bond motifs is 1. The van der Waals surface area contributed by atoms with Gasteiger partial charge >= 0.3 is 0 Å². The number of carbonyl (C=O) groups excluding carboxylic acids is 1. The molecule has 0 aromatic carbocycles. The molecule has 0 fully saturated rings. The van der Waals surface area contributed by atoms with Gasteiger partial charge in [0, 0.05) is 23.9 Å². The predicted octanol–water partition coefficient (Wildman–Crippen LogP) is 1.84. The Hall–Kier alpha value is -1.05. The van der Waals surface area contributed by atoms with Crippen LogP contribution in [0.3, 0.4) is 0 Å². The number of H-pyrrole nitrogens is 1. The standard InChI is InChI=1S/C9H11NO/c1-6-9-7(5-10-6)3-2-4-8(9)11/h5,10H,2-4H2,1H3. The Morgan fingerprint density at radius 1 is 1.45 bits per heavy atom. The van der Waals surface area contributed by atoms with E-state index in [-0.39, 0.29) is 0 Å². The molecule has 0 amide bonds. The summed E-state index contributed by atoms with van der Waals surface area (Å²) in [5.74, 6) is 0.310. The van der Waals surface area contributed by atoms with Crippen LogP contribution in [0.4, 0.5) is 0 Å². The first-order chi connectivity index (χ1) is 5.29. The number of nitrogens with one attached hydrogen (secondary N) is 1. The zero-order valence-corrected chi connectivity index (χ0v) is 6.61. The predicted molar refractivity (Wildman–Crippen MR) is 42.8 cm³/mol. The average Bonchev–Trinajstić information content (AvgIpc) is 2.34. The van der Waals surface area contributed by atoms with Crippen molar-refractivity contribution < 1.29 is 4.79 Å². The summed E-state index contributed by atoms with van der Waals surface area (Å²) in [6, 6.07) is 0. The molecule has 0 bridgehead atoms. The second-order valence-electron chi connectivity index (χ2n) is 3.09. The van der Waals surface area contributed by atoms with Crippen LogP contribution in [0.5, 0.6) is 0 Å². The van der Waals surface area contributed by atoms with E-state index in [0.29, 0.717) is 5.78 Å². The number of hydrogen-bond acceptors (Lipinski definition) is 1. The Balaban J connectivity index is 2.56. The number of aromatic amines is 1. The third-order valence-corrected chi connectivity index (χ3v) is 2.29. The first-order valence-corrected chi connectivity index (χ1v) is 3.99. The van der Waals surface area contributed by atoms with Crippen molar-refractivity contribution in [2.75, 3.05) is 0 Å². The van der Waals surface area contributed by atoms with Gasteiger partial charge < -0.3 is 4.98 Å². The molecular formula is C9H11NO. The highest BCUT2D eigenvalue weighted by molar-refractivity contribution is 5.99. The quantitative estimate of drug-likeness (QED) is 0.599. The van der Waals surface area contributed by atoms with E-state index in [2.05, 4.69) is 4.98 Å². The Labute approximate surface area is 65.6 Å². The van der Waals surface area contributed by atoms with Gasteiger partial charge in [0.05, 0.1) is 0 Å². The summed E-state index contributed by atoms with van der Waals surface area (Å²) < 4.78 is 0. The summed E-state index contributed by atoms with van der Waals surface area (Å²) in [6.45, 7) is 1.96. The maximum absolute atomic E-state index is 11.3. The van der Waals surface area contributed by atoms with E-state index in [4.69, 9.17) is 0 Å². The van der Waals surface area contributed by atoms with Gasteiger partial charge in [-0.1, -0.05) is 0 Å². The van der Waals surface area contributed by atoms with Crippen molar-refractivity contribution in [3.05, 3.63) is 23.0 Å². The highest BCUT2D eigenvalue weighted by atomic mass is 16.1. The second-order valence-corrected chi connectivity index (χ2v) is 3.09. The number of carbonyl (C=O) groups is 1. The van der Waals surface area contributed by atoms with Crippen LogP contribution in [-0.2, 0) is 6.42 Å². The lowest BCUT2D eigenvalue weighted by Gasteiger charge is -2.09. The molecule has 1 aromatic rings. The van der Waals surface area contributed by atoms with Gasteiger partial charge in [-0.3, -0.25) is 4.79 Å². The molecule has 1 N–H and O–H groups in total. The molecule has 0 unspecified atom stereocenters. The summed E-state index contributed by atoms with van der Waals surface area (Å²) in [5.41, 5.74) is 3.19. The normalized spacial score (nSPS) is 16.6. The van der Waals surface area contributed by atoms with Crippen LogP contribution in [0.1, 0.15) is 34.5 Å². The molecule has 2 heteroatoms. The highest BCUT2D eigenvalue weighted by Gasteiger charge is 2.19. The molecule has 2 nitrogen and oxygen atoms in total. The van der Waals surface area contributed by atoms with Crippen LogP contribution in [0.15, 0.2) is 6.20 Å². The van der Waals surface area contributed by atoms with E-state index >= 15 is 0 Å². The number of aromatic nitrogens is 1. The van der Waals surface area contributed by atoms with Crippen molar-refractivity contribution in [3.8, 4) is 0 Å². The lowest BCUT2D eigenvalue weighted by atomic mass is 9.93. The molecule has 1 heterocycles. The molecule has 0 radical (unpaired) electrons. The van der Waals surface area contributed by atoms with Crippen LogP contribution in [0.25, 0.3) is 0 Å². The number of Topliss-reactive ketones (excluding diaryl/α,β-unsaturated/α-hetero) is 1. The molecule has 1 aromatic heterocycles. The van der Waals surface area contributed by atoms with Crippen LogP contribution in [-0.4, -0.2) is 10.8 Å². The Kier molecular flexibility index (Phi) is 1.34. The maximum atomic E-state index is 11.3. The summed E-state index contributed by atoms with van der Waals surface area (Å²) in [7, 11) is 0. The van der Waals surface area contributed by atoms with Crippen molar-refractivity contribution >= 4 is 5.78 Å². The molecule has 1 aliphatic carbocycles. The van der Waals surface area contributed by atoms with Gasteiger partial charge in [-0.25, -0.2) is 0 Å². The number of hydrogen-bond donors (Lipinski definition) is 1. The maximum Gasteiger partial charge on any atom is 0.164 e. The number of aryl methyl sites for hydroxylation is 2. The molecule has 2 rings (SSSR count). The van der Waals surface area contributed by atoms with E-state index in [0.717, 1.165) is 30.5 Å².